The number of aromatic nitrogens is 2. The molecular weight excluding hydrogens is 357 g/mol. The van der Waals surface area contributed by atoms with Crippen LogP contribution in [0, 0.1) is 23.1 Å². The number of amides is 1. The second-order valence-electron chi connectivity index (χ2n) is 6.82. The average molecular weight is 377 g/mol. The number of carbonyl (C=O) groups is 1. The largest absolute Gasteiger partial charge is 0.354 e. The lowest BCUT2D eigenvalue weighted by molar-refractivity contribution is -0.117. The number of carbonyl (C=O) groups excluding carboxylic acids is 1. The first kappa shape index (κ1) is 19.4. The van der Waals surface area contributed by atoms with Crippen molar-refractivity contribution in [1.29, 1.82) is 5.26 Å². The van der Waals surface area contributed by atoms with Gasteiger partial charge in [-0.25, -0.2) is 9.38 Å². The molecule has 1 fully saturated rings. The molecule has 1 aromatic heterocycles. The molecule has 1 amide bonds. The zero-order chi connectivity index (χ0) is 20.1. The minimum Gasteiger partial charge on any atom is -0.354 e. The molecule has 7 heteroatoms. The number of anilines is 1. The molecule has 2 heterocycles. The van der Waals surface area contributed by atoms with E-state index < -0.39 is 5.82 Å². The Kier molecular flexibility index (Phi) is 5.90. The predicted molar refractivity (Wildman–Crippen MR) is 105 cm³/mol. The summed E-state index contributed by atoms with van der Waals surface area (Å²) >= 11 is 0. The van der Waals surface area contributed by atoms with Crippen LogP contribution < -0.4 is 4.90 Å². The molecule has 2 aromatic rings. The molecular formula is C21H20FN5O. The summed E-state index contributed by atoms with van der Waals surface area (Å²) in [4.78, 5) is 18.1. The molecule has 0 radical (unpaired) electrons. The molecule has 0 bridgehead atoms. The number of nitriles is 1. The normalized spacial score (nSPS) is 16.3. The molecule has 1 unspecified atom stereocenters. The van der Waals surface area contributed by atoms with Gasteiger partial charge >= 0.3 is 0 Å². The fourth-order valence-electron chi connectivity index (χ4n) is 3.02. The summed E-state index contributed by atoms with van der Waals surface area (Å²) in [5.41, 5.74) is 2.09. The van der Waals surface area contributed by atoms with Gasteiger partial charge in [-0.1, -0.05) is 24.3 Å². The van der Waals surface area contributed by atoms with Gasteiger partial charge in [0.25, 0.3) is 0 Å². The highest BCUT2D eigenvalue weighted by Crippen LogP contribution is 2.21. The Morgan fingerprint density at radius 1 is 1.43 bits per heavy atom. The van der Waals surface area contributed by atoms with Gasteiger partial charge in [-0.05, 0) is 42.7 Å². The third-order valence-corrected chi connectivity index (χ3v) is 4.63. The van der Waals surface area contributed by atoms with Crippen LogP contribution in [0.5, 0.6) is 0 Å². The summed E-state index contributed by atoms with van der Waals surface area (Å²) in [6, 6.07) is 10.1. The number of rotatable bonds is 5. The van der Waals surface area contributed by atoms with Gasteiger partial charge < -0.3 is 4.90 Å². The molecule has 1 saturated heterocycles. The van der Waals surface area contributed by atoms with Crippen LogP contribution in [0.25, 0.3) is 5.57 Å². The monoisotopic (exact) mass is 377 g/mol. The van der Waals surface area contributed by atoms with E-state index in [1.165, 1.54) is 6.07 Å². The van der Waals surface area contributed by atoms with Crippen molar-refractivity contribution in [3.05, 3.63) is 59.5 Å². The van der Waals surface area contributed by atoms with Crippen molar-refractivity contribution in [2.45, 2.75) is 19.8 Å². The van der Waals surface area contributed by atoms with Crippen LogP contribution in [0.3, 0.4) is 0 Å². The Morgan fingerprint density at radius 2 is 2.25 bits per heavy atom. The number of hydrogen-bond donors (Lipinski definition) is 0. The van der Waals surface area contributed by atoms with Crippen molar-refractivity contribution in [3.8, 4) is 6.07 Å². The number of hydrogen-bond acceptors (Lipinski definition) is 5. The van der Waals surface area contributed by atoms with Crippen molar-refractivity contribution < 1.29 is 9.18 Å². The third kappa shape index (κ3) is 4.65. The van der Waals surface area contributed by atoms with Crippen LogP contribution in [0.2, 0.25) is 0 Å². The Labute approximate surface area is 163 Å². The van der Waals surface area contributed by atoms with Gasteiger partial charge in [0.2, 0.25) is 5.91 Å². The van der Waals surface area contributed by atoms with E-state index in [1.807, 2.05) is 11.0 Å². The second kappa shape index (κ2) is 8.53. The molecule has 0 saturated carbocycles. The molecule has 28 heavy (non-hydrogen) atoms. The highest BCUT2D eigenvalue weighted by atomic mass is 19.1. The third-order valence-electron chi connectivity index (χ3n) is 4.63. The van der Waals surface area contributed by atoms with Gasteiger partial charge in [0, 0.05) is 25.2 Å². The summed E-state index contributed by atoms with van der Waals surface area (Å²) in [7, 11) is 0. The maximum atomic E-state index is 14.1. The second-order valence-corrected chi connectivity index (χ2v) is 6.82. The van der Waals surface area contributed by atoms with E-state index >= 15 is 0 Å². The Bertz CT molecular complexity index is 962. The smallest absolute Gasteiger partial charge is 0.249 e. The zero-order valence-corrected chi connectivity index (χ0v) is 15.6. The highest BCUT2D eigenvalue weighted by Gasteiger charge is 2.22. The summed E-state index contributed by atoms with van der Waals surface area (Å²) in [5, 5.41) is 16.6. The summed E-state index contributed by atoms with van der Waals surface area (Å²) in [5.74, 6) is 0.00648. The molecule has 0 spiro atoms. The number of benzene rings is 1. The van der Waals surface area contributed by atoms with E-state index in [2.05, 4.69) is 21.8 Å². The lowest BCUT2D eigenvalue weighted by Crippen LogP contribution is -2.21. The van der Waals surface area contributed by atoms with Crippen LogP contribution in [0.15, 0.2) is 41.9 Å². The first-order chi connectivity index (χ1) is 13.5. The first-order valence-corrected chi connectivity index (χ1v) is 8.96. The summed E-state index contributed by atoms with van der Waals surface area (Å²) in [6.45, 7) is 7.02. The molecule has 1 aliphatic rings. The number of aliphatic imine (C=N–C) groups is 1. The topological polar surface area (TPSA) is 82.2 Å². The quantitative estimate of drug-likeness (QED) is 0.748. The van der Waals surface area contributed by atoms with E-state index in [1.54, 1.807) is 37.4 Å². The van der Waals surface area contributed by atoms with Crippen molar-refractivity contribution in [1.82, 2.24) is 10.2 Å². The van der Waals surface area contributed by atoms with E-state index in [9.17, 15) is 9.18 Å². The maximum Gasteiger partial charge on any atom is 0.249 e. The number of allylic oxidation sites excluding steroid dienone is 1. The summed E-state index contributed by atoms with van der Waals surface area (Å²) in [6.07, 6.45) is 2.40. The molecule has 142 valence electrons. The molecule has 1 atom stereocenters. The molecule has 1 aromatic carbocycles. The van der Waals surface area contributed by atoms with Gasteiger partial charge in [-0.3, -0.25) is 4.79 Å². The van der Waals surface area contributed by atoms with Gasteiger partial charge in [0.1, 0.15) is 11.9 Å². The number of nitrogens with zero attached hydrogens (tertiary/aromatic N) is 5. The Balaban J connectivity index is 1.56. The van der Waals surface area contributed by atoms with Gasteiger partial charge in [-0.2, -0.15) is 5.26 Å². The zero-order valence-electron chi connectivity index (χ0n) is 15.6. The van der Waals surface area contributed by atoms with Crippen LogP contribution in [0.1, 0.15) is 30.2 Å². The number of halogens is 1. The Hall–Kier alpha value is -3.40. The fourth-order valence-corrected chi connectivity index (χ4v) is 3.02. The fraction of sp³-hybridized carbons (Fsp3) is 0.286. The van der Waals surface area contributed by atoms with E-state index in [0.717, 1.165) is 18.5 Å². The van der Waals surface area contributed by atoms with Crippen LogP contribution in [-0.4, -0.2) is 35.4 Å². The summed E-state index contributed by atoms with van der Waals surface area (Å²) < 4.78 is 14.1. The lowest BCUT2D eigenvalue weighted by atomic mass is 10.0. The van der Waals surface area contributed by atoms with E-state index in [-0.39, 0.29) is 23.9 Å². The van der Waals surface area contributed by atoms with Gasteiger partial charge in [0.15, 0.2) is 11.5 Å². The van der Waals surface area contributed by atoms with E-state index in [0.29, 0.717) is 23.5 Å². The SMILES string of the molecule is C=C(C)c1ccc(CC(=O)N=CC2CCN(c3ccc(C#N)nn3)C2)c(F)c1. The molecule has 1 aliphatic heterocycles. The first-order valence-electron chi connectivity index (χ1n) is 8.96. The van der Waals surface area contributed by atoms with Gasteiger partial charge in [-0.15, -0.1) is 10.2 Å². The minimum atomic E-state index is -0.421. The standard InChI is InChI=1S/C21H20FN5O/c1-14(2)16-3-4-17(19(22)9-16)10-21(28)24-12-15-7-8-27(13-15)20-6-5-18(11-23)25-26-20/h3-6,9,12,15H,1,7-8,10,13H2,2H3. The molecule has 3 rings (SSSR count). The molecule has 0 aliphatic carbocycles. The highest BCUT2D eigenvalue weighted by molar-refractivity contribution is 5.87. The van der Waals surface area contributed by atoms with Crippen molar-refractivity contribution in [3.63, 3.8) is 0 Å². The molecule has 6 nitrogen and oxygen atoms in total. The molecule has 0 N–H and O–H groups in total. The average Bonchev–Trinajstić information content (AvgIpc) is 3.17. The lowest BCUT2D eigenvalue weighted by Gasteiger charge is -2.15. The van der Waals surface area contributed by atoms with Crippen molar-refractivity contribution in [2.75, 3.05) is 18.0 Å². The minimum absolute atomic E-state index is 0.0731. The Morgan fingerprint density at radius 3 is 2.89 bits per heavy atom. The van der Waals surface area contributed by atoms with Crippen molar-refractivity contribution >= 4 is 23.5 Å². The van der Waals surface area contributed by atoms with E-state index in [4.69, 9.17) is 5.26 Å². The predicted octanol–water partition coefficient (Wildman–Crippen LogP) is 3.19. The van der Waals surface area contributed by atoms with Gasteiger partial charge in [0.05, 0.1) is 6.42 Å². The maximum absolute atomic E-state index is 14.1. The van der Waals surface area contributed by atoms with Crippen LogP contribution >= 0.6 is 0 Å². The van der Waals surface area contributed by atoms with Crippen molar-refractivity contribution in [2.24, 2.45) is 10.9 Å². The van der Waals surface area contributed by atoms with Crippen LogP contribution in [-0.2, 0) is 11.2 Å². The van der Waals surface area contributed by atoms with Crippen LogP contribution in [0.4, 0.5) is 10.2 Å².